The third kappa shape index (κ3) is 4.16. The highest BCUT2D eigenvalue weighted by Crippen LogP contribution is 2.34. The van der Waals surface area contributed by atoms with Crippen molar-refractivity contribution < 1.29 is 14.3 Å². The average Bonchev–Trinajstić information content (AvgIpc) is 3.08. The number of ether oxygens (including phenoxy) is 2. The van der Waals surface area contributed by atoms with E-state index in [1.54, 1.807) is 24.2 Å². The SMILES string of the molecule is CCOc1c(I)cc(/C=C(\C#N)C(=O)N2CCCC2)cc1OC. The highest BCUT2D eigenvalue weighted by molar-refractivity contribution is 14.1. The summed E-state index contributed by atoms with van der Waals surface area (Å²) < 4.78 is 11.8. The lowest BCUT2D eigenvalue weighted by Gasteiger charge is -2.15. The quantitative estimate of drug-likeness (QED) is 0.412. The molecule has 1 fully saturated rings. The van der Waals surface area contributed by atoms with E-state index >= 15 is 0 Å². The van der Waals surface area contributed by atoms with E-state index in [1.807, 2.05) is 19.1 Å². The van der Waals surface area contributed by atoms with Crippen LogP contribution in [0.5, 0.6) is 11.5 Å². The van der Waals surface area contributed by atoms with Gasteiger partial charge < -0.3 is 14.4 Å². The van der Waals surface area contributed by atoms with Crippen LogP contribution >= 0.6 is 22.6 Å². The van der Waals surface area contributed by atoms with E-state index in [4.69, 9.17) is 9.47 Å². The predicted octanol–water partition coefficient (Wildman–Crippen LogP) is 3.23. The third-order valence-corrected chi connectivity index (χ3v) is 4.40. The standard InChI is InChI=1S/C17H19IN2O3/c1-3-23-16-14(18)9-12(10-15(16)22-2)8-13(11-19)17(21)20-6-4-5-7-20/h8-10H,3-7H2,1-2H3/b13-8+. The highest BCUT2D eigenvalue weighted by Gasteiger charge is 2.21. The summed E-state index contributed by atoms with van der Waals surface area (Å²) in [5.74, 6) is 1.07. The van der Waals surface area contributed by atoms with Crippen LogP contribution < -0.4 is 9.47 Å². The molecule has 0 bridgehead atoms. The number of benzene rings is 1. The Kier molecular flexibility index (Phi) is 6.28. The van der Waals surface area contributed by atoms with Gasteiger partial charge in [-0.15, -0.1) is 0 Å². The molecule has 1 aromatic rings. The van der Waals surface area contributed by atoms with Crippen LogP contribution in [0.1, 0.15) is 25.3 Å². The first-order valence-corrected chi connectivity index (χ1v) is 8.60. The molecule has 1 aromatic carbocycles. The molecule has 1 aliphatic rings. The summed E-state index contributed by atoms with van der Waals surface area (Å²) in [7, 11) is 1.57. The summed E-state index contributed by atoms with van der Waals surface area (Å²) in [5.41, 5.74) is 0.896. The predicted molar refractivity (Wildman–Crippen MR) is 96.3 cm³/mol. The molecule has 0 unspecified atom stereocenters. The number of carbonyl (C=O) groups is 1. The Morgan fingerprint density at radius 1 is 1.43 bits per heavy atom. The number of methoxy groups -OCH3 is 1. The molecule has 1 amide bonds. The minimum Gasteiger partial charge on any atom is -0.493 e. The summed E-state index contributed by atoms with van der Waals surface area (Å²) in [4.78, 5) is 14.1. The number of amides is 1. The van der Waals surface area contributed by atoms with Gasteiger partial charge in [0, 0.05) is 13.1 Å². The molecule has 0 N–H and O–H groups in total. The molecular weight excluding hydrogens is 407 g/mol. The molecule has 0 radical (unpaired) electrons. The number of hydrogen-bond acceptors (Lipinski definition) is 4. The molecule has 6 heteroatoms. The van der Waals surface area contributed by atoms with Gasteiger partial charge in [0.1, 0.15) is 11.6 Å². The maximum atomic E-state index is 12.4. The molecule has 0 spiro atoms. The Balaban J connectivity index is 2.34. The van der Waals surface area contributed by atoms with Crippen molar-refractivity contribution in [2.24, 2.45) is 0 Å². The van der Waals surface area contributed by atoms with E-state index in [9.17, 15) is 10.1 Å². The van der Waals surface area contributed by atoms with Gasteiger partial charge in [0.2, 0.25) is 0 Å². The molecule has 0 aliphatic carbocycles. The van der Waals surface area contributed by atoms with Crippen molar-refractivity contribution in [3.8, 4) is 17.6 Å². The largest absolute Gasteiger partial charge is 0.493 e. The maximum Gasteiger partial charge on any atom is 0.264 e. The normalized spacial score (nSPS) is 14.5. The first-order valence-electron chi connectivity index (χ1n) is 7.52. The van der Waals surface area contributed by atoms with Gasteiger partial charge in [0.05, 0.1) is 17.3 Å². The van der Waals surface area contributed by atoms with Crippen LogP contribution in [-0.4, -0.2) is 37.6 Å². The Labute approximate surface area is 150 Å². The molecule has 1 aliphatic heterocycles. The van der Waals surface area contributed by atoms with Crippen molar-refractivity contribution in [2.75, 3.05) is 26.8 Å². The smallest absolute Gasteiger partial charge is 0.264 e. The molecule has 2 rings (SSSR count). The number of hydrogen-bond donors (Lipinski definition) is 0. The highest BCUT2D eigenvalue weighted by atomic mass is 127. The second kappa shape index (κ2) is 8.20. The summed E-state index contributed by atoms with van der Waals surface area (Å²) >= 11 is 2.16. The zero-order valence-corrected chi connectivity index (χ0v) is 15.4. The average molecular weight is 426 g/mol. The van der Waals surface area contributed by atoms with Gasteiger partial charge >= 0.3 is 0 Å². The van der Waals surface area contributed by atoms with E-state index in [-0.39, 0.29) is 11.5 Å². The summed E-state index contributed by atoms with van der Waals surface area (Å²) in [5, 5.41) is 9.33. The van der Waals surface area contributed by atoms with Gasteiger partial charge in [-0.3, -0.25) is 4.79 Å². The molecule has 0 saturated carbocycles. The lowest BCUT2D eigenvalue weighted by atomic mass is 10.1. The Morgan fingerprint density at radius 3 is 2.70 bits per heavy atom. The van der Waals surface area contributed by atoms with E-state index in [1.165, 1.54) is 0 Å². The lowest BCUT2D eigenvalue weighted by molar-refractivity contribution is -0.125. The van der Waals surface area contributed by atoms with Crippen molar-refractivity contribution in [1.29, 1.82) is 5.26 Å². The maximum absolute atomic E-state index is 12.4. The summed E-state index contributed by atoms with van der Waals surface area (Å²) in [6.07, 6.45) is 3.61. The number of rotatable bonds is 5. The van der Waals surface area contributed by atoms with Crippen LogP contribution in [0, 0.1) is 14.9 Å². The number of nitriles is 1. The van der Waals surface area contributed by atoms with Crippen LogP contribution in [0.4, 0.5) is 0 Å². The summed E-state index contributed by atoms with van der Waals surface area (Å²) in [6.45, 7) is 3.90. The number of likely N-dealkylation sites (tertiary alicyclic amines) is 1. The second-order valence-corrected chi connectivity index (χ2v) is 6.30. The minimum atomic E-state index is -0.201. The van der Waals surface area contributed by atoms with Crippen molar-refractivity contribution in [2.45, 2.75) is 19.8 Å². The van der Waals surface area contributed by atoms with Crippen LogP contribution in [0.25, 0.3) is 6.08 Å². The Bertz CT molecular complexity index is 659. The van der Waals surface area contributed by atoms with Gasteiger partial charge in [-0.1, -0.05) is 0 Å². The van der Waals surface area contributed by atoms with E-state index < -0.39 is 0 Å². The monoisotopic (exact) mass is 426 g/mol. The molecule has 1 saturated heterocycles. The van der Waals surface area contributed by atoms with Crippen molar-refractivity contribution in [3.05, 3.63) is 26.8 Å². The Morgan fingerprint density at radius 2 is 2.13 bits per heavy atom. The molecule has 0 aromatic heterocycles. The van der Waals surface area contributed by atoms with Gasteiger partial charge in [0.25, 0.3) is 5.91 Å². The second-order valence-electron chi connectivity index (χ2n) is 5.14. The van der Waals surface area contributed by atoms with Crippen LogP contribution in [-0.2, 0) is 4.79 Å². The number of nitrogens with zero attached hydrogens (tertiary/aromatic N) is 2. The van der Waals surface area contributed by atoms with Crippen molar-refractivity contribution in [1.82, 2.24) is 4.90 Å². The van der Waals surface area contributed by atoms with E-state index in [0.29, 0.717) is 18.1 Å². The molecule has 122 valence electrons. The molecule has 1 heterocycles. The van der Waals surface area contributed by atoms with Gasteiger partial charge in [0.15, 0.2) is 11.5 Å². The fourth-order valence-corrected chi connectivity index (χ4v) is 3.29. The van der Waals surface area contributed by atoms with Crippen molar-refractivity contribution >= 4 is 34.6 Å². The first-order chi connectivity index (χ1) is 11.1. The first kappa shape index (κ1) is 17.6. The molecule has 0 atom stereocenters. The van der Waals surface area contributed by atoms with Crippen LogP contribution in [0.2, 0.25) is 0 Å². The molecular formula is C17H19IN2O3. The zero-order chi connectivity index (χ0) is 16.8. The fraction of sp³-hybridized carbons (Fsp3) is 0.412. The van der Waals surface area contributed by atoms with Crippen molar-refractivity contribution in [3.63, 3.8) is 0 Å². The van der Waals surface area contributed by atoms with E-state index in [2.05, 4.69) is 22.6 Å². The summed E-state index contributed by atoms with van der Waals surface area (Å²) in [6, 6.07) is 5.68. The van der Waals surface area contributed by atoms with Gasteiger partial charge in [-0.05, 0) is 66.1 Å². The van der Waals surface area contributed by atoms with E-state index in [0.717, 1.165) is 35.1 Å². The van der Waals surface area contributed by atoms with Gasteiger partial charge in [-0.2, -0.15) is 5.26 Å². The molecule has 5 nitrogen and oxygen atoms in total. The van der Waals surface area contributed by atoms with Gasteiger partial charge in [-0.25, -0.2) is 0 Å². The number of halogens is 1. The number of carbonyl (C=O) groups excluding carboxylic acids is 1. The topological polar surface area (TPSA) is 62.6 Å². The van der Waals surface area contributed by atoms with Crippen LogP contribution in [0.3, 0.4) is 0 Å². The fourth-order valence-electron chi connectivity index (χ4n) is 2.51. The lowest BCUT2D eigenvalue weighted by Crippen LogP contribution is -2.28. The Hall–Kier alpha value is -1.75. The molecule has 23 heavy (non-hydrogen) atoms. The zero-order valence-electron chi connectivity index (χ0n) is 13.3. The third-order valence-electron chi connectivity index (χ3n) is 3.60. The minimum absolute atomic E-state index is 0.147. The van der Waals surface area contributed by atoms with Crippen LogP contribution in [0.15, 0.2) is 17.7 Å².